The highest BCUT2D eigenvalue weighted by Gasteiger charge is 2.23. The summed E-state index contributed by atoms with van der Waals surface area (Å²) in [4.78, 5) is 4.80. The van der Waals surface area contributed by atoms with Crippen molar-refractivity contribution in [2.24, 2.45) is 5.92 Å². The second-order valence-electron chi connectivity index (χ2n) is 9.60. The summed E-state index contributed by atoms with van der Waals surface area (Å²) in [6.07, 6.45) is 18.5. The molecule has 3 rings (SSSR count). The number of aromatic nitrogens is 1. The van der Waals surface area contributed by atoms with E-state index < -0.39 is 5.82 Å². The monoisotopic (exact) mass is 450 g/mol. The first-order chi connectivity index (χ1) is 16.2. The average Bonchev–Trinajstić information content (AvgIpc) is 2.85. The predicted molar refractivity (Wildman–Crippen MR) is 132 cm³/mol. The number of nitriles is 1. The molecule has 0 amide bonds. The standard InChI is InChI=1S/C29H39FN2O/c1-2-3-4-5-6-7-8-9-10-23-13-18-29(32-21-23)25-14-11-24(12-15-25)22-33-27-17-16-26(20-31)28(30)19-27/h13,16-19,21,24-25H,2-12,14-15,22H2,1H3. The Hall–Kier alpha value is -2.41. The van der Waals surface area contributed by atoms with Crippen LogP contribution in [0.1, 0.15) is 107 Å². The minimum Gasteiger partial charge on any atom is -0.493 e. The van der Waals surface area contributed by atoms with E-state index in [-0.39, 0.29) is 5.56 Å². The highest BCUT2D eigenvalue weighted by Crippen LogP contribution is 2.35. The van der Waals surface area contributed by atoms with Crippen molar-refractivity contribution in [3.05, 3.63) is 59.2 Å². The molecule has 4 heteroatoms. The lowest BCUT2D eigenvalue weighted by atomic mass is 9.80. The maximum Gasteiger partial charge on any atom is 0.144 e. The van der Waals surface area contributed by atoms with Crippen LogP contribution in [0.5, 0.6) is 5.75 Å². The summed E-state index contributed by atoms with van der Waals surface area (Å²) in [6.45, 7) is 2.87. The number of rotatable bonds is 13. The molecule has 1 aliphatic rings. The van der Waals surface area contributed by atoms with Crippen molar-refractivity contribution < 1.29 is 9.13 Å². The summed E-state index contributed by atoms with van der Waals surface area (Å²) in [5, 5.41) is 8.83. The van der Waals surface area contributed by atoms with Crippen LogP contribution in [0.25, 0.3) is 0 Å². The number of pyridine rings is 1. The topological polar surface area (TPSA) is 45.9 Å². The van der Waals surface area contributed by atoms with E-state index in [1.165, 1.54) is 74.8 Å². The molecule has 2 aromatic rings. The minimum absolute atomic E-state index is 0.0548. The van der Waals surface area contributed by atoms with Gasteiger partial charge in [-0.1, -0.05) is 57.9 Å². The Bertz CT molecular complexity index is 866. The number of halogens is 1. The van der Waals surface area contributed by atoms with E-state index >= 15 is 0 Å². The molecule has 0 bridgehead atoms. The van der Waals surface area contributed by atoms with Gasteiger partial charge in [-0.05, 0) is 68.2 Å². The minimum atomic E-state index is -0.518. The van der Waals surface area contributed by atoms with Gasteiger partial charge in [-0.3, -0.25) is 4.98 Å². The Labute approximate surface area is 199 Å². The Balaban J connectivity index is 1.32. The van der Waals surface area contributed by atoms with Crippen molar-refractivity contribution in [1.82, 2.24) is 4.98 Å². The van der Waals surface area contributed by atoms with Gasteiger partial charge in [0.2, 0.25) is 0 Å². The predicted octanol–water partition coefficient (Wildman–Crippen LogP) is 8.13. The molecule has 1 aromatic heterocycles. The highest BCUT2D eigenvalue weighted by molar-refractivity contribution is 5.36. The van der Waals surface area contributed by atoms with Crippen LogP contribution >= 0.6 is 0 Å². The summed E-state index contributed by atoms with van der Waals surface area (Å²) in [5.74, 6) is 1.00. The van der Waals surface area contributed by atoms with E-state index in [1.807, 2.05) is 6.07 Å². The van der Waals surface area contributed by atoms with Crippen molar-refractivity contribution in [1.29, 1.82) is 5.26 Å². The molecule has 33 heavy (non-hydrogen) atoms. The van der Waals surface area contributed by atoms with E-state index in [1.54, 1.807) is 6.07 Å². The number of hydrogen-bond donors (Lipinski definition) is 0. The summed E-state index contributed by atoms with van der Waals surface area (Å²) in [6, 6.07) is 10.8. The first-order valence-electron chi connectivity index (χ1n) is 13.0. The fourth-order valence-corrected chi connectivity index (χ4v) is 4.80. The van der Waals surface area contributed by atoms with Crippen molar-refractivity contribution >= 4 is 0 Å². The van der Waals surface area contributed by atoms with Crippen LogP contribution in [0.15, 0.2) is 36.5 Å². The van der Waals surface area contributed by atoms with E-state index in [2.05, 4.69) is 25.3 Å². The number of benzene rings is 1. The fraction of sp³-hybridized carbons (Fsp3) is 0.586. The van der Waals surface area contributed by atoms with E-state index in [4.69, 9.17) is 15.0 Å². The zero-order chi connectivity index (χ0) is 23.3. The lowest BCUT2D eigenvalue weighted by molar-refractivity contribution is 0.198. The quantitative estimate of drug-likeness (QED) is 0.289. The third kappa shape index (κ3) is 8.46. The van der Waals surface area contributed by atoms with Crippen LogP contribution in [0.4, 0.5) is 4.39 Å². The van der Waals surface area contributed by atoms with Crippen LogP contribution in [0.2, 0.25) is 0 Å². The van der Waals surface area contributed by atoms with E-state index in [0.717, 1.165) is 32.1 Å². The van der Waals surface area contributed by atoms with Gasteiger partial charge in [0.25, 0.3) is 0 Å². The maximum absolute atomic E-state index is 13.7. The molecule has 1 saturated carbocycles. The molecule has 0 N–H and O–H groups in total. The molecule has 0 aliphatic heterocycles. The van der Waals surface area contributed by atoms with Crippen molar-refractivity contribution in [3.8, 4) is 11.8 Å². The first kappa shape index (κ1) is 25.2. The Morgan fingerprint density at radius 1 is 0.970 bits per heavy atom. The van der Waals surface area contributed by atoms with Crippen molar-refractivity contribution in [2.75, 3.05) is 6.61 Å². The number of hydrogen-bond acceptors (Lipinski definition) is 3. The molecule has 0 unspecified atom stereocenters. The fourth-order valence-electron chi connectivity index (χ4n) is 4.80. The molecular formula is C29H39FN2O. The van der Waals surface area contributed by atoms with Crippen molar-refractivity contribution in [2.45, 2.75) is 96.3 Å². The number of aryl methyl sites for hydroxylation is 1. The van der Waals surface area contributed by atoms with Gasteiger partial charge in [-0.15, -0.1) is 0 Å². The molecule has 1 aromatic carbocycles. The Morgan fingerprint density at radius 2 is 1.70 bits per heavy atom. The van der Waals surface area contributed by atoms with Crippen LogP contribution in [0, 0.1) is 23.1 Å². The lowest BCUT2D eigenvalue weighted by Crippen LogP contribution is -2.19. The molecule has 0 atom stereocenters. The van der Waals surface area contributed by atoms with Gasteiger partial charge < -0.3 is 4.74 Å². The second-order valence-corrected chi connectivity index (χ2v) is 9.60. The van der Waals surface area contributed by atoms with Gasteiger partial charge in [-0.2, -0.15) is 5.26 Å². The van der Waals surface area contributed by atoms with Gasteiger partial charge >= 0.3 is 0 Å². The molecular weight excluding hydrogens is 411 g/mol. The Morgan fingerprint density at radius 3 is 2.33 bits per heavy atom. The largest absolute Gasteiger partial charge is 0.493 e. The second kappa shape index (κ2) is 14.0. The summed E-state index contributed by atoms with van der Waals surface area (Å²) >= 11 is 0. The number of ether oxygens (including phenoxy) is 1. The molecule has 1 aliphatic carbocycles. The summed E-state index contributed by atoms with van der Waals surface area (Å²) < 4.78 is 19.5. The van der Waals surface area contributed by atoms with E-state index in [0.29, 0.717) is 24.2 Å². The van der Waals surface area contributed by atoms with E-state index in [9.17, 15) is 4.39 Å². The van der Waals surface area contributed by atoms with Crippen LogP contribution < -0.4 is 4.74 Å². The third-order valence-corrected chi connectivity index (χ3v) is 6.98. The van der Waals surface area contributed by atoms with Crippen LogP contribution in [-0.4, -0.2) is 11.6 Å². The molecule has 0 spiro atoms. The lowest BCUT2D eigenvalue weighted by Gasteiger charge is -2.28. The van der Waals surface area contributed by atoms with Crippen molar-refractivity contribution in [3.63, 3.8) is 0 Å². The average molecular weight is 451 g/mol. The number of nitrogens with zero attached hydrogens (tertiary/aromatic N) is 2. The first-order valence-corrected chi connectivity index (χ1v) is 13.0. The molecule has 0 radical (unpaired) electrons. The van der Waals surface area contributed by atoms with Gasteiger partial charge in [0.15, 0.2) is 0 Å². The van der Waals surface area contributed by atoms with Gasteiger partial charge in [0.1, 0.15) is 17.6 Å². The molecule has 178 valence electrons. The number of unbranched alkanes of at least 4 members (excludes halogenated alkanes) is 7. The van der Waals surface area contributed by atoms with Crippen LogP contribution in [0.3, 0.4) is 0 Å². The highest BCUT2D eigenvalue weighted by atomic mass is 19.1. The molecule has 1 fully saturated rings. The summed E-state index contributed by atoms with van der Waals surface area (Å²) in [5.41, 5.74) is 2.64. The Kier molecular flexibility index (Phi) is 10.7. The van der Waals surface area contributed by atoms with Gasteiger partial charge in [-0.25, -0.2) is 4.39 Å². The molecule has 0 saturated heterocycles. The molecule has 3 nitrogen and oxygen atoms in total. The third-order valence-electron chi connectivity index (χ3n) is 6.98. The normalized spacial score (nSPS) is 18.1. The SMILES string of the molecule is CCCCCCCCCCc1ccc(C2CCC(COc3ccc(C#N)c(F)c3)CC2)nc1. The van der Waals surface area contributed by atoms with Gasteiger partial charge in [0.05, 0.1) is 12.2 Å². The summed E-state index contributed by atoms with van der Waals surface area (Å²) in [7, 11) is 0. The maximum atomic E-state index is 13.7. The zero-order valence-corrected chi connectivity index (χ0v) is 20.2. The zero-order valence-electron chi connectivity index (χ0n) is 20.2. The van der Waals surface area contributed by atoms with Crippen LogP contribution in [-0.2, 0) is 6.42 Å². The van der Waals surface area contributed by atoms with Gasteiger partial charge in [0, 0.05) is 23.9 Å². The molecule has 1 heterocycles. The smallest absolute Gasteiger partial charge is 0.144 e.